The van der Waals surface area contributed by atoms with Crippen LogP contribution >= 0.6 is 0 Å². The SMILES string of the molecule is CCCC(=O)c1c(O)c(C)c(O)c(CCCC(=O)C2=C(O)C(C)(C)C(O)=C(C)C2=O)c1O. The lowest BCUT2D eigenvalue weighted by Crippen LogP contribution is -2.32. The summed E-state index contributed by atoms with van der Waals surface area (Å²) in [5.74, 6) is -4.03. The molecule has 1 aliphatic rings. The van der Waals surface area contributed by atoms with Crippen LogP contribution in [0.4, 0.5) is 0 Å². The first kappa shape index (κ1) is 25.0. The van der Waals surface area contributed by atoms with E-state index < -0.39 is 40.0 Å². The number of rotatable bonds is 8. The van der Waals surface area contributed by atoms with Crippen molar-refractivity contribution in [3.8, 4) is 17.2 Å². The number of Topliss-reactive ketones (excluding diaryl/α,β-unsaturated/α-hetero) is 3. The van der Waals surface area contributed by atoms with E-state index in [4.69, 9.17) is 0 Å². The van der Waals surface area contributed by atoms with Crippen molar-refractivity contribution in [1.29, 1.82) is 0 Å². The predicted molar refractivity (Wildman–Crippen MR) is 117 cm³/mol. The first-order valence-electron chi connectivity index (χ1n) is 10.5. The summed E-state index contributed by atoms with van der Waals surface area (Å²) in [5.41, 5.74) is -1.87. The lowest BCUT2D eigenvalue weighted by Gasteiger charge is -2.30. The van der Waals surface area contributed by atoms with E-state index in [0.717, 1.165) is 0 Å². The molecule has 0 aliphatic heterocycles. The second-order valence-electron chi connectivity index (χ2n) is 8.63. The first-order chi connectivity index (χ1) is 14.8. The van der Waals surface area contributed by atoms with Gasteiger partial charge >= 0.3 is 0 Å². The van der Waals surface area contributed by atoms with Crippen LogP contribution in [0.5, 0.6) is 17.2 Å². The highest BCUT2D eigenvalue weighted by molar-refractivity contribution is 6.27. The zero-order valence-corrected chi connectivity index (χ0v) is 19.0. The van der Waals surface area contributed by atoms with Gasteiger partial charge in [0.2, 0.25) is 0 Å². The zero-order valence-electron chi connectivity index (χ0n) is 19.0. The van der Waals surface area contributed by atoms with Gasteiger partial charge in [-0.3, -0.25) is 14.4 Å². The summed E-state index contributed by atoms with van der Waals surface area (Å²) in [6.07, 6.45) is 0.502. The molecule has 1 aliphatic carbocycles. The fourth-order valence-corrected chi connectivity index (χ4v) is 3.86. The third kappa shape index (κ3) is 4.09. The maximum Gasteiger partial charge on any atom is 0.199 e. The summed E-state index contributed by atoms with van der Waals surface area (Å²) in [5, 5.41) is 51.7. The molecule has 8 heteroatoms. The predicted octanol–water partition coefficient (Wildman–Crippen LogP) is 4.24. The second-order valence-corrected chi connectivity index (χ2v) is 8.63. The monoisotopic (exact) mass is 446 g/mol. The number of carbonyl (C=O) groups excluding carboxylic acids is 3. The number of benzene rings is 1. The Labute approximate surface area is 186 Å². The third-order valence-electron chi connectivity index (χ3n) is 5.96. The number of hydrogen-bond donors (Lipinski definition) is 5. The maximum atomic E-state index is 12.7. The molecule has 5 N–H and O–H groups in total. The fourth-order valence-electron chi connectivity index (χ4n) is 3.86. The summed E-state index contributed by atoms with van der Waals surface area (Å²) < 4.78 is 0. The van der Waals surface area contributed by atoms with Gasteiger partial charge in [0.25, 0.3) is 0 Å². The Morgan fingerprint density at radius 3 is 2.00 bits per heavy atom. The normalized spacial score (nSPS) is 16.0. The summed E-state index contributed by atoms with van der Waals surface area (Å²) in [6, 6.07) is 0. The molecule has 0 saturated carbocycles. The number of phenolic OH excluding ortho intramolecular Hbond substituents is 3. The average Bonchev–Trinajstić information content (AvgIpc) is 2.72. The minimum atomic E-state index is -1.28. The molecule has 174 valence electrons. The van der Waals surface area contributed by atoms with E-state index in [-0.39, 0.29) is 65.0 Å². The van der Waals surface area contributed by atoms with Crippen molar-refractivity contribution in [2.45, 2.75) is 66.7 Å². The van der Waals surface area contributed by atoms with Crippen LogP contribution in [-0.4, -0.2) is 42.9 Å². The molecule has 0 aromatic heterocycles. The Bertz CT molecular complexity index is 1060. The molecule has 32 heavy (non-hydrogen) atoms. The minimum absolute atomic E-state index is 0.0113. The molecule has 0 atom stereocenters. The Kier molecular flexibility index (Phi) is 7.07. The summed E-state index contributed by atoms with van der Waals surface area (Å²) in [4.78, 5) is 37.5. The van der Waals surface area contributed by atoms with Gasteiger partial charge in [0.05, 0.1) is 5.41 Å². The average molecular weight is 446 g/mol. The fraction of sp³-hybridized carbons (Fsp3) is 0.458. The van der Waals surface area contributed by atoms with Gasteiger partial charge in [-0.15, -0.1) is 0 Å². The van der Waals surface area contributed by atoms with Crippen LogP contribution in [0, 0.1) is 12.3 Å². The highest BCUT2D eigenvalue weighted by Gasteiger charge is 2.42. The molecule has 0 heterocycles. The van der Waals surface area contributed by atoms with E-state index in [1.165, 1.54) is 27.7 Å². The molecule has 0 bridgehead atoms. The zero-order chi connectivity index (χ0) is 24.5. The Morgan fingerprint density at radius 2 is 1.44 bits per heavy atom. The molecule has 1 aromatic rings. The molecule has 0 fully saturated rings. The number of ketones is 3. The molecule has 0 saturated heterocycles. The van der Waals surface area contributed by atoms with Crippen molar-refractivity contribution in [3.63, 3.8) is 0 Å². The van der Waals surface area contributed by atoms with Crippen LogP contribution in [0.1, 0.15) is 74.9 Å². The van der Waals surface area contributed by atoms with Gasteiger partial charge in [-0.1, -0.05) is 6.92 Å². The Hall–Kier alpha value is -3.29. The number of aromatic hydroxyl groups is 3. The minimum Gasteiger partial charge on any atom is -0.511 e. The largest absolute Gasteiger partial charge is 0.511 e. The molecule has 1 aromatic carbocycles. The van der Waals surface area contributed by atoms with Crippen LogP contribution in [0.25, 0.3) is 0 Å². The van der Waals surface area contributed by atoms with Crippen molar-refractivity contribution >= 4 is 17.3 Å². The van der Waals surface area contributed by atoms with Gasteiger partial charge < -0.3 is 25.5 Å². The first-order valence-corrected chi connectivity index (χ1v) is 10.5. The van der Waals surface area contributed by atoms with Crippen molar-refractivity contribution < 1.29 is 39.9 Å². The second kappa shape index (κ2) is 9.06. The van der Waals surface area contributed by atoms with Crippen LogP contribution in [0.15, 0.2) is 22.7 Å². The molecule has 2 rings (SSSR count). The molecular weight excluding hydrogens is 416 g/mol. The molecule has 0 amide bonds. The van der Waals surface area contributed by atoms with E-state index in [1.54, 1.807) is 6.92 Å². The highest BCUT2D eigenvalue weighted by Crippen LogP contribution is 2.43. The van der Waals surface area contributed by atoms with Gasteiger partial charge in [-0.25, -0.2) is 0 Å². The van der Waals surface area contributed by atoms with Gasteiger partial charge in [0.1, 0.15) is 39.9 Å². The van der Waals surface area contributed by atoms with E-state index in [9.17, 15) is 39.9 Å². The van der Waals surface area contributed by atoms with E-state index in [1.807, 2.05) is 0 Å². The lowest BCUT2D eigenvalue weighted by molar-refractivity contribution is -0.120. The van der Waals surface area contributed by atoms with Gasteiger partial charge in [0.15, 0.2) is 17.3 Å². The standard InChI is InChI=1S/C24H30O8/c1-6-8-14(25)16-19(28)11(2)18(27)13(21(16)30)9-7-10-15(26)17-20(29)12(3)22(31)24(4,5)23(17)32/h27-28,30-32H,6-10H2,1-5H3. The Morgan fingerprint density at radius 1 is 0.844 bits per heavy atom. The van der Waals surface area contributed by atoms with Crippen LogP contribution < -0.4 is 0 Å². The van der Waals surface area contributed by atoms with Gasteiger partial charge in [-0.2, -0.15) is 0 Å². The number of phenols is 3. The van der Waals surface area contributed by atoms with Crippen molar-refractivity contribution in [1.82, 2.24) is 0 Å². The van der Waals surface area contributed by atoms with Crippen molar-refractivity contribution in [2.75, 3.05) is 0 Å². The topological polar surface area (TPSA) is 152 Å². The molecule has 0 unspecified atom stereocenters. The smallest absolute Gasteiger partial charge is 0.199 e. The maximum absolute atomic E-state index is 12.7. The number of allylic oxidation sites excluding steroid dienone is 2. The van der Waals surface area contributed by atoms with E-state index in [0.29, 0.717) is 6.42 Å². The molecule has 8 nitrogen and oxygen atoms in total. The van der Waals surface area contributed by atoms with Crippen LogP contribution in [0.3, 0.4) is 0 Å². The van der Waals surface area contributed by atoms with Crippen molar-refractivity contribution in [2.24, 2.45) is 5.41 Å². The van der Waals surface area contributed by atoms with E-state index in [2.05, 4.69) is 0 Å². The summed E-state index contributed by atoms with van der Waals surface area (Å²) in [7, 11) is 0. The van der Waals surface area contributed by atoms with Gasteiger partial charge in [0, 0.05) is 29.5 Å². The lowest BCUT2D eigenvalue weighted by atomic mass is 9.76. The summed E-state index contributed by atoms with van der Waals surface area (Å²) in [6.45, 7) is 7.55. The van der Waals surface area contributed by atoms with Gasteiger partial charge in [-0.05, 0) is 47.0 Å². The van der Waals surface area contributed by atoms with Crippen LogP contribution in [0.2, 0.25) is 0 Å². The number of carbonyl (C=O) groups is 3. The molecule has 0 radical (unpaired) electrons. The number of aliphatic hydroxyl groups is 2. The highest BCUT2D eigenvalue weighted by atomic mass is 16.3. The third-order valence-corrected chi connectivity index (χ3v) is 5.96. The Balaban J connectivity index is 2.29. The molecular formula is C24H30O8. The quantitative estimate of drug-likeness (QED) is 0.294. The number of aliphatic hydroxyl groups excluding tert-OH is 2. The van der Waals surface area contributed by atoms with Crippen molar-refractivity contribution in [3.05, 3.63) is 39.4 Å². The number of hydrogen-bond acceptors (Lipinski definition) is 8. The van der Waals surface area contributed by atoms with Crippen LogP contribution in [-0.2, 0) is 16.0 Å². The van der Waals surface area contributed by atoms with E-state index >= 15 is 0 Å². The summed E-state index contributed by atoms with van der Waals surface area (Å²) >= 11 is 0. The molecule has 0 spiro atoms.